The predicted octanol–water partition coefficient (Wildman–Crippen LogP) is 0.868. The molecule has 9 heteroatoms. The van der Waals surface area contributed by atoms with Gasteiger partial charge in [-0.05, 0) is 31.7 Å². The van der Waals surface area contributed by atoms with Crippen LogP contribution in [0.4, 0.5) is 13.2 Å². The lowest BCUT2D eigenvalue weighted by molar-refractivity contribution is -0.234. The highest BCUT2D eigenvalue weighted by molar-refractivity contribution is 5.87. The third-order valence-electron chi connectivity index (χ3n) is 4.49. The number of hydrogen-bond acceptors (Lipinski definition) is 4. The van der Waals surface area contributed by atoms with Crippen LogP contribution in [0.1, 0.15) is 19.3 Å². The number of piperidine rings is 1. The summed E-state index contributed by atoms with van der Waals surface area (Å²) in [7, 11) is 0. The van der Waals surface area contributed by atoms with Crippen molar-refractivity contribution in [1.29, 1.82) is 0 Å². The molecule has 2 N–H and O–H groups in total. The number of rotatable bonds is 5. The molecule has 0 spiro atoms. The van der Waals surface area contributed by atoms with Gasteiger partial charge in [0.2, 0.25) is 5.91 Å². The van der Waals surface area contributed by atoms with E-state index >= 15 is 0 Å². The number of nitrogens with one attached hydrogen (secondary N) is 1. The van der Waals surface area contributed by atoms with Crippen LogP contribution in [0.3, 0.4) is 0 Å². The molecule has 0 radical (unpaired) electrons. The van der Waals surface area contributed by atoms with Crippen molar-refractivity contribution in [2.75, 3.05) is 39.4 Å². The number of carboxylic acid groups (broad SMARTS) is 1. The van der Waals surface area contributed by atoms with Crippen LogP contribution in [0.2, 0.25) is 0 Å². The van der Waals surface area contributed by atoms with Gasteiger partial charge >= 0.3 is 12.1 Å². The Morgan fingerprint density at radius 1 is 1.39 bits per heavy atom. The summed E-state index contributed by atoms with van der Waals surface area (Å²) in [5.41, 5.74) is -2.54. The molecule has 2 saturated heterocycles. The average molecular weight is 338 g/mol. The van der Waals surface area contributed by atoms with Gasteiger partial charge in [-0.15, -0.1) is 0 Å². The number of ether oxygens (including phenoxy) is 1. The summed E-state index contributed by atoms with van der Waals surface area (Å²) in [4.78, 5) is 24.3. The number of alkyl halides is 3. The molecule has 2 atom stereocenters. The van der Waals surface area contributed by atoms with Gasteiger partial charge in [-0.2, -0.15) is 13.2 Å². The van der Waals surface area contributed by atoms with Crippen LogP contribution < -0.4 is 5.32 Å². The van der Waals surface area contributed by atoms with E-state index in [1.54, 1.807) is 4.90 Å². The molecule has 6 nitrogen and oxygen atoms in total. The first-order valence-electron chi connectivity index (χ1n) is 7.61. The van der Waals surface area contributed by atoms with E-state index in [-0.39, 0.29) is 18.8 Å². The largest absolute Gasteiger partial charge is 0.480 e. The lowest BCUT2D eigenvalue weighted by atomic mass is 9.77. The highest BCUT2D eigenvalue weighted by Gasteiger charge is 2.61. The SMILES string of the molecule is O=C(O)CNC(=O)C1(C(F)(F)F)CCCN(CC2CCOC2)C1. The molecule has 132 valence electrons. The van der Waals surface area contributed by atoms with E-state index < -0.39 is 36.6 Å². The summed E-state index contributed by atoms with van der Waals surface area (Å²) >= 11 is 0. The number of carbonyl (C=O) groups excluding carboxylic acids is 1. The second-order valence-electron chi connectivity index (χ2n) is 6.22. The summed E-state index contributed by atoms with van der Waals surface area (Å²) in [5, 5.41) is 10.5. The van der Waals surface area contributed by atoms with Crippen molar-refractivity contribution in [3.63, 3.8) is 0 Å². The van der Waals surface area contributed by atoms with Gasteiger partial charge in [-0.1, -0.05) is 0 Å². The fourth-order valence-electron chi connectivity index (χ4n) is 3.26. The van der Waals surface area contributed by atoms with Gasteiger partial charge < -0.3 is 20.1 Å². The average Bonchev–Trinajstić information content (AvgIpc) is 2.96. The quantitative estimate of drug-likeness (QED) is 0.778. The molecular weight excluding hydrogens is 317 g/mol. The molecule has 2 aliphatic rings. The molecule has 2 unspecified atom stereocenters. The van der Waals surface area contributed by atoms with Crippen molar-refractivity contribution in [3.05, 3.63) is 0 Å². The molecule has 0 aromatic rings. The molecule has 0 aromatic carbocycles. The normalized spacial score (nSPS) is 29.4. The first-order chi connectivity index (χ1) is 10.7. The Hall–Kier alpha value is -1.35. The van der Waals surface area contributed by atoms with Crippen LogP contribution in [0.15, 0.2) is 0 Å². The van der Waals surface area contributed by atoms with E-state index in [1.165, 1.54) is 0 Å². The van der Waals surface area contributed by atoms with Crippen molar-refractivity contribution in [1.82, 2.24) is 10.2 Å². The number of hydrogen-bond donors (Lipinski definition) is 2. The summed E-state index contributed by atoms with van der Waals surface area (Å²) in [6.07, 6.45) is -3.99. The second kappa shape index (κ2) is 7.04. The molecule has 0 aliphatic carbocycles. The Bertz CT molecular complexity index is 452. The van der Waals surface area contributed by atoms with Crippen molar-refractivity contribution in [2.45, 2.75) is 25.4 Å². The first kappa shape index (κ1) is 18.0. The number of carboxylic acids is 1. The maximum atomic E-state index is 13.6. The maximum absolute atomic E-state index is 13.6. The molecule has 0 saturated carbocycles. The van der Waals surface area contributed by atoms with E-state index in [1.807, 2.05) is 5.32 Å². The van der Waals surface area contributed by atoms with Gasteiger partial charge in [0.25, 0.3) is 0 Å². The van der Waals surface area contributed by atoms with Gasteiger partial charge in [0.15, 0.2) is 5.41 Å². The minimum atomic E-state index is -4.72. The Kier molecular flexibility index (Phi) is 5.51. The zero-order chi connectivity index (χ0) is 17.1. The maximum Gasteiger partial charge on any atom is 0.404 e. The van der Waals surface area contributed by atoms with Gasteiger partial charge in [-0.3, -0.25) is 9.59 Å². The molecule has 1 amide bonds. The second-order valence-corrected chi connectivity index (χ2v) is 6.22. The van der Waals surface area contributed by atoms with Crippen molar-refractivity contribution < 1.29 is 32.6 Å². The first-order valence-corrected chi connectivity index (χ1v) is 7.61. The number of carbonyl (C=O) groups is 2. The van der Waals surface area contributed by atoms with Crippen LogP contribution in [-0.2, 0) is 14.3 Å². The fraction of sp³-hybridized carbons (Fsp3) is 0.857. The van der Waals surface area contributed by atoms with Gasteiger partial charge in [0, 0.05) is 19.7 Å². The molecular formula is C14H21F3N2O4. The van der Waals surface area contributed by atoms with Crippen molar-refractivity contribution in [2.24, 2.45) is 11.3 Å². The van der Waals surface area contributed by atoms with E-state index in [0.717, 1.165) is 6.42 Å². The van der Waals surface area contributed by atoms with Crippen molar-refractivity contribution in [3.8, 4) is 0 Å². The smallest absolute Gasteiger partial charge is 0.404 e. The third-order valence-corrected chi connectivity index (χ3v) is 4.49. The Balaban J connectivity index is 2.09. The Morgan fingerprint density at radius 2 is 2.13 bits per heavy atom. The third kappa shape index (κ3) is 4.14. The van der Waals surface area contributed by atoms with Crippen LogP contribution in [0.25, 0.3) is 0 Å². The van der Waals surface area contributed by atoms with Crippen LogP contribution >= 0.6 is 0 Å². The number of amides is 1. The summed E-state index contributed by atoms with van der Waals surface area (Å²) in [5.74, 6) is -2.44. The van der Waals surface area contributed by atoms with Gasteiger partial charge in [0.05, 0.1) is 6.61 Å². The molecule has 2 aliphatic heterocycles. The van der Waals surface area contributed by atoms with E-state index in [9.17, 15) is 22.8 Å². The zero-order valence-corrected chi connectivity index (χ0v) is 12.7. The Morgan fingerprint density at radius 3 is 2.70 bits per heavy atom. The fourth-order valence-corrected chi connectivity index (χ4v) is 3.26. The molecule has 2 rings (SSSR count). The van der Waals surface area contributed by atoms with Crippen LogP contribution in [0.5, 0.6) is 0 Å². The monoisotopic (exact) mass is 338 g/mol. The number of nitrogens with zero attached hydrogens (tertiary/aromatic N) is 1. The van der Waals surface area contributed by atoms with E-state index in [2.05, 4.69) is 0 Å². The summed E-state index contributed by atoms with van der Waals surface area (Å²) in [6, 6.07) is 0. The van der Waals surface area contributed by atoms with Gasteiger partial charge in [-0.25, -0.2) is 0 Å². The topological polar surface area (TPSA) is 78.9 Å². The van der Waals surface area contributed by atoms with E-state index in [4.69, 9.17) is 9.84 Å². The minimum absolute atomic E-state index is 0.182. The highest BCUT2D eigenvalue weighted by Crippen LogP contribution is 2.45. The predicted molar refractivity (Wildman–Crippen MR) is 73.7 cm³/mol. The van der Waals surface area contributed by atoms with Crippen molar-refractivity contribution >= 4 is 11.9 Å². The zero-order valence-electron chi connectivity index (χ0n) is 12.7. The number of aliphatic carboxylic acids is 1. The Labute approximate surface area is 132 Å². The summed E-state index contributed by atoms with van der Waals surface area (Å²) < 4.78 is 46.0. The number of likely N-dealkylation sites (tertiary alicyclic amines) is 1. The standard InChI is InChI=1S/C14H21F3N2O4/c15-14(16,17)13(12(22)18-6-11(20)21)3-1-4-19(9-13)7-10-2-5-23-8-10/h10H,1-9H2,(H,18,22)(H,20,21). The van der Waals surface area contributed by atoms with Crippen LogP contribution in [0, 0.1) is 11.3 Å². The molecule has 2 fully saturated rings. The molecule has 23 heavy (non-hydrogen) atoms. The molecule has 0 aromatic heterocycles. The molecule has 2 heterocycles. The lowest BCUT2D eigenvalue weighted by Gasteiger charge is -2.43. The lowest BCUT2D eigenvalue weighted by Crippen LogP contribution is -2.60. The summed E-state index contributed by atoms with van der Waals surface area (Å²) in [6.45, 7) is 0.860. The number of halogens is 3. The highest BCUT2D eigenvalue weighted by atomic mass is 19.4. The minimum Gasteiger partial charge on any atom is -0.480 e. The van der Waals surface area contributed by atoms with Gasteiger partial charge in [0.1, 0.15) is 6.54 Å². The van der Waals surface area contributed by atoms with Crippen LogP contribution in [-0.4, -0.2) is 67.5 Å². The molecule has 0 bridgehead atoms. The van der Waals surface area contributed by atoms with E-state index in [0.29, 0.717) is 26.3 Å².